The van der Waals surface area contributed by atoms with Crippen molar-refractivity contribution >= 4 is 5.91 Å². The highest BCUT2D eigenvalue weighted by Crippen LogP contribution is 2.34. The van der Waals surface area contributed by atoms with Crippen molar-refractivity contribution in [3.8, 4) is 17.2 Å². The molecular weight excluding hydrogens is 354 g/mol. The Morgan fingerprint density at radius 1 is 1.07 bits per heavy atom. The number of carbonyl (C=O) groups excluding carboxylic acids is 1. The molecule has 3 rings (SSSR count). The Morgan fingerprint density at radius 2 is 1.79 bits per heavy atom. The molecular formula is C23H29NO4. The molecule has 5 heteroatoms. The number of carbonyl (C=O) groups is 1. The number of hydrogen-bond acceptors (Lipinski definition) is 4. The molecule has 0 saturated carbocycles. The van der Waals surface area contributed by atoms with E-state index in [1.807, 2.05) is 49.4 Å². The number of nitrogens with one attached hydrogen (secondary N) is 1. The van der Waals surface area contributed by atoms with Gasteiger partial charge in [0.25, 0.3) is 0 Å². The highest BCUT2D eigenvalue weighted by atomic mass is 16.6. The zero-order valence-corrected chi connectivity index (χ0v) is 16.9. The van der Waals surface area contributed by atoms with Gasteiger partial charge in [0.15, 0.2) is 11.5 Å². The van der Waals surface area contributed by atoms with E-state index in [4.69, 9.17) is 14.2 Å². The summed E-state index contributed by atoms with van der Waals surface area (Å²) in [6.45, 7) is 7.88. The van der Waals surface area contributed by atoms with Crippen molar-refractivity contribution in [1.29, 1.82) is 0 Å². The SMILES string of the molecule is Cc1ccc(OCCCC(=O)NC(c2ccc3c(c2)OCCO3)C(C)C)cc1. The van der Waals surface area contributed by atoms with Crippen LogP contribution in [0.2, 0.25) is 0 Å². The lowest BCUT2D eigenvalue weighted by molar-refractivity contribution is -0.122. The monoisotopic (exact) mass is 383 g/mol. The lowest BCUT2D eigenvalue weighted by atomic mass is 9.95. The molecule has 150 valence electrons. The first kappa shape index (κ1) is 20.1. The molecule has 1 amide bonds. The summed E-state index contributed by atoms with van der Waals surface area (Å²) in [5.74, 6) is 2.63. The van der Waals surface area contributed by atoms with Gasteiger partial charge in [0.1, 0.15) is 19.0 Å². The second-order valence-electron chi connectivity index (χ2n) is 7.46. The van der Waals surface area contributed by atoms with Crippen LogP contribution in [0.5, 0.6) is 17.2 Å². The molecule has 0 aromatic heterocycles. The smallest absolute Gasteiger partial charge is 0.220 e. The normalized spacial score (nSPS) is 13.9. The summed E-state index contributed by atoms with van der Waals surface area (Å²) in [4.78, 5) is 12.5. The summed E-state index contributed by atoms with van der Waals surface area (Å²) in [6.07, 6.45) is 1.10. The molecule has 1 heterocycles. The van der Waals surface area contributed by atoms with Crippen LogP contribution in [-0.2, 0) is 4.79 Å². The summed E-state index contributed by atoms with van der Waals surface area (Å²) in [5, 5.41) is 3.15. The van der Waals surface area contributed by atoms with Crippen LogP contribution in [-0.4, -0.2) is 25.7 Å². The van der Waals surface area contributed by atoms with Gasteiger partial charge in [-0.1, -0.05) is 37.6 Å². The zero-order chi connectivity index (χ0) is 19.9. The third-order valence-electron chi connectivity index (χ3n) is 4.75. The minimum atomic E-state index is -0.0682. The summed E-state index contributed by atoms with van der Waals surface area (Å²) >= 11 is 0. The van der Waals surface area contributed by atoms with E-state index in [1.165, 1.54) is 5.56 Å². The Hall–Kier alpha value is -2.69. The maximum absolute atomic E-state index is 12.5. The molecule has 5 nitrogen and oxygen atoms in total. The fourth-order valence-electron chi connectivity index (χ4n) is 3.19. The molecule has 0 aliphatic carbocycles. The van der Waals surface area contributed by atoms with Crippen molar-refractivity contribution in [3.05, 3.63) is 53.6 Å². The van der Waals surface area contributed by atoms with Gasteiger partial charge in [-0.15, -0.1) is 0 Å². The molecule has 0 radical (unpaired) electrons. The van der Waals surface area contributed by atoms with Crippen molar-refractivity contribution in [2.24, 2.45) is 5.92 Å². The fourth-order valence-corrected chi connectivity index (χ4v) is 3.19. The Morgan fingerprint density at radius 3 is 2.50 bits per heavy atom. The van der Waals surface area contributed by atoms with Crippen LogP contribution in [0.15, 0.2) is 42.5 Å². The Balaban J connectivity index is 1.51. The minimum Gasteiger partial charge on any atom is -0.494 e. The maximum Gasteiger partial charge on any atom is 0.220 e. The van der Waals surface area contributed by atoms with Gasteiger partial charge in [0.2, 0.25) is 5.91 Å². The van der Waals surface area contributed by atoms with Gasteiger partial charge in [-0.25, -0.2) is 0 Å². The van der Waals surface area contributed by atoms with Gasteiger partial charge in [-0.3, -0.25) is 4.79 Å². The first-order valence-corrected chi connectivity index (χ1v) is 9.91. The Bertz CT molecular complexity index is 786. The minimum absolute atomic E-state index is 0.0288. The van der Waals surface area contributed by atoms with Gasteiger partial charge in [0, 0.05) is 6.42 Å². The number of fused-ring (bicyclic) bond motifs is 1. The highest BCUT2D eigenvalue weighted by Gasteiger charge is 2.21. The third kappa shape index (κ3) is 5.41. The van der Waals surface area contributed by atoms with Crippen molar-refractivity contribution < 1.29 is 19.0 Å². The summed E-state index contributed by atoms with van der Waals surface area (Å²) < 4.78 is 17.0. The van der Waals surface area contributed by atoms with Crippen molar-refractivity contribution in [2.75, 3.05) is 19.8 Å². The largest absolute Gasteiger partial charge is 0.494 e. The molecule has 2 aromatic carbocycles. The van der Waals surface area contributed by atoms with Gasteiger partial charge in [-0.05, 0) is 49.1 Å². The number of ether oxygens (including phenoxy) is 3. The van der Waals surface area contributed by atoms with E-state index in [0.29, 0.717) is 32.7 Å². The van der Waals surface area contributed by atoms with E-state index in [9.17, 15) is 4.79 Å². The molecule has 2 aromatic rings. The molecule has 1 aliphatic heterocycles. The lowest BCUT2D eigenvalue weighted by Gasteiger charge is -2.25. The second kappa shape index (κ2) is 9.49. The molecule has 1 unspecified atom stereocenters. The topological polar surface area (TPSA) is 56.8 Å². The van der Waals surface area contributed by atoms with Crippen LogP contribution >= 0.6 is 0 Å². The number of hydrogen-bond donors (Lipinski definition) is 1. The number of amides is 1. The summed E-state index contributed by atoms with van der Waals surface area (Å²) in [5.41, 5.74) is 2.23. The average molecular weight is 383 g/mol. The van der Waals surface area contributed by atoms with Crippen LogP contribution < -0.4 is 19.5 Å². The molecule has 0 bridgehead atoms. The van der Waals surface area contributed by atoms with Crippen LogP contribution in [0.1, 0.15) is 43.9 Å². The molecule has 0 fully saturated rings. The molecule has 0 saturated heterocycles. The summed E-state index contributed by atoms with van der Waals surface area (Å²) in [7, 11) is 0. The van der Waals surface area contributed by atoms with E-state index < -0.39 is 0 Å². The van der Waals surface area contributed by atoms with Gasteiger partial charge >= 0.3 is 0 Å². The quantitative estimate of drug-likeness (QED) is 0.685. The van der Waals surface area contributed by atoms with Crippen LogP contribution in [0, 0.1) is 12.8 Å². The first-order chi connectivity index (χ1) is 13.5. The predicted octanol–water partition coefficient (Wildman–Crippen LogP) is 4.44. The number of aryl methyl sites for hydroxylation is 1. The van der Waals surface area contributed by atoms with Gasteiger partial charge in [-0.2, -0.15) is 0 Å². The van der Waals surface area contributed by atoms with E-state index in [-0.39, 0.29) is 17.9 Å². The van der Waals surface area contributed by atoms with Crippen LogP contribution in [0.25, 0.3) is 0 Å². The highest BCUT2D eigenvalue weighted by molar-refractivity contribution is 5.76. The lowest BCUT2D eigenvalue weighted by Crippen LogP contribution is -2.32. The molecule has 28 heavy (non-hydrogen) atoms. The van der Waals surface area contributed by atoms with E-state index in [1.54, 1.807) is 0 Å². The molecule has 1 aliphatic rings. The summed E-state index contributed by atoms with van der Waals surface area (Å²) in [6, 6.07) is 13.8. The first-order valence-electron chi connectivity index (χ1n) is 9.91. The van der Waals surface area contributed by atoms with Crippen LogP contribution in [0.4, 0.5) is 0 Å². The van der Waals surface area contributed by atoms with Crippen LogP contribution in [0.3, 0.4) is 0 Å². The van der Waals surface area contributed by atoms with Crippen molar-refractivity contribution in [2.45, 2.75) is 39.7 Å². The van der Waals surface area contributed by atoms with Crippen molar-refractivity contribution in [3.63, 3.8) is 0 Å². The standard InChI is InChI=1S/C23H29NO4/c1-16(2)23(18-8-11-20-21(15-18)28-14-13-27-20)24-22(25)5-4-12-26-19-9-6-17(3)7-10-19/h6-11,15-16,23H,4-5,12-14H2,1-3H3,(H,24,25). The van der Waals surface area contributed by atoms with E-state index in [2.05, 4.69) is 19.2 Å². The van der Waals surface area contributed by atoms with E-state index in [0.717, 1.165) is 22.8 Å². The number of rotatable bonds is 8. The fraction of sp³-hybridized carbons (Fsp3) is 0.435. The zero-order valence-electron chi connectivity index (χ0n) is 16.9. The molecule has 1 N–H and O–H groups in total. The van der Waals surface area contributed by atoms with Gasteiger partial charge in [0.05, 0.1) is 12.6 Å². The van der Waals surface area contributed by atoms with E-state index >= 15 is 0 Å². The third-order valence-corrected chi connectivity index (χ3v) is 4.75. The maximum atomic E-state index is 12.5. The second-order valence-corrected chi connectivity index (χ2v) is 7.46. The predicted molar refractivity (Wildman–Crippen MR) is 109 cm³/mol. The Labute approximate surface area is 167 Å². The number of benzene rings is 2. The van der Waals surface area contributed by atoms with Crippen molar-refractivity contribution in [1.82, 2.24) is 5.32 Å². The Kier molecular flexibility index (Phi) is 6.80. The molecule has 0 spiro atoms. The van der Waals surface area contributed by atoms with Gasteiger partial charge < -0.3 is 19.5 Å². The molecule has 1 atom stereocenters. The average Bonchev–Trinajstić information content (AvgIpc) is 2.70.